The fraction of sp³-hybridized carbons (Fsp3) is 0.471. The predicted octanol–water partition coefficient (Wildman–Crippen LogP) is 2.33. The van der Waals surface area contributed by atoms with Crippen LogP contribution in [0.5, 0.6) is 0 Å². The molecular formula is C17H19FN2O3. The van der Waals surface area contributed by atoms with Crippen LogP contribution in [0.2, 0.25) is 0 Å². The third kappa shape index (κ3) is 3.11. The first-order chi connectivity index (χ1) is 11.1. The van der Waals surface area contributed by atoms with E-state index in [0.717, 1.165) is 25.7 Å². The van der Waals surface area contributed by atoms with Crippen LogP contribution in [0.1, 0.15) is 32.1 Å². The summed E-state index contributed by atoms with van der Waals surface area (Å²) in [7, 11) is 0. The molecule has 0 radical (unpaired) electrons. The lowest BCUT2D eigenvalue weighted by Gasteiger charge is -2.19. The highest BCUT2D eigenvalue weighted by Crippen LogP contribution is 2.37. The summed E-state index contributed by atoms with van der Waals surface area (Å²) in [6.45, 7) is 0.0605. The zero-order chi connectivity index (χ0) is 16.4. The van der Waals surface area contributed by atoms with Crippen molar-refractivity contribution in [3.05, 3.63) is 30.1 Å². The van der Waals surface area contributed by atoms with Crippen LogP contribution in [0.15, 0.2) is 24.3 Å². The first-order valence-electron chi connectivity index (χ1n) is 7.97. The Bertz CT molecular complexity index is 622. The summed E-state index contributed by atoms with van der Waals surface area (Å²) in [6, 6.07) is 5.88. The molecule has 0 unspecified atom stereocenters. The molecule has 1 aromatic rings. The number of hydrogen-bond donors (Lipinski definition) is 1. The number of rotatable bonds is 4. The largest absolute Gasteiger partial charge is 0.324 e. The molecule has 3 amide bonds. The number of fused-ring (bicyclic) bond motifs is 1. The van der Waals surface area contributed by atoms with E-state index in [1.807, 2.05) is 0 Å². The van der Waals surface area contributed by atoms with Gasteiger partial charge in [0.1, 0.15) is 5.82 Å². The highest BCUT2D eigenvalue weighted by Gasteiger charge is 2.47. The van der Waals surface area contributed by atoms with Crippen LogP contribution < -0.4 is 5.32 Å². The molecule has 1 saturated carbocycles. The summed E-state index contributed by atoms with van der Waals surface area (Å²) in [6.07, 6.45) is 3.44. The summed E-state index contributed by atoms with van der Waals surface area (Å²) >= 11 is 0. The maximum absolute atomic E-state index is 13.5. The van der Waals surface area contributed by atoms with E-state index in [-0.39, 0.29) is 42.3 Å². The van der Waals surface area contributed by atoms with Gasteiger partial charge in [0.05, 0.1) is 17.5 Å². The summed E-state index contributed by atoms with van der Waals surface area (Å²) in [5, 5.41) is 2.46. The molecule has 5 nitrogen and oxygen atoms in total. The molecule has 6 heteroatoms. The monoisotopic (exact) mass is 318 g/mol. The van der Waals surface area contributed by atoms with E-state index in [4.69, 9.17) is 0 Å². The maximum Gasteiger partial charge on any atom is 0.233 e. The van der Waals surface area contributed by atoms with E-state index in [1.54, 1.807) is 6.07 Å². The zero-order valence-electron chi connectivity index (χ0n) is 12.8. The number of imide groups is 1. The number of likely N-dealkylation sites (tertiary alicyclic amines) is 1. The Hall–Kier alpha value is -2.24. The second kappa shape index (κ2) is 6.48. The van der Waals surface area contributed by atoms with Gasteiger partial charge in [0.15, 0.2) is 0 Å². The third-order valence-electron chi connectivity index (χ3n) is 4.64. The van der Waals surface area contributed by atoms with Crippen molar-refractivity contribution >= 4 is 23.4 Å². The molecule has 3 rings (SSSR count). The van der Waals surface area contributed by atoms with Gasteiger partial charge in [0, 0.05) is 13.0 Å². The van der Waals surface area contributed by atoms with E-state index in [1.165, 1.54) is 23.1 Å². The average Bonchev–Trinajstić information content (AvgIpc) is 2.80. The number of para-hydroxylation sites is 1. The molecule has 1 saturated heterocycles. The first kappa shape index (κ1) is 15.6. The van der Waals surface area contributed by atoms with E-state index in [9.17, 15) is 18.8 Å². The molecule has 0 bridgehead atoms. The molecule has 2 aliphatic rings. The summed E-state index contributed by atoms with van der Waals surface area (Å²) < 4.78 is 13.5. The van der Waals surface area contributed by atoms with Crippen LogP contribution in [0.4, 0.5) is 10.1 Å². The first-order valence-corrected chi connectivity index (χ1v) is 7.97. The van der Waals surface area contributed by atoms with Gasteiger partial charge in [-0.05, 0) is 25.0 Å². The number of nitrogens with zero attached hydrogens (tertiary/aromatic N) is 1. The van der Waals surface area contributed by atoms with Crippen molar-refractivity contribution in [3.63, 3.8) is 0 Å². The lowest BCUT2D eigenvalue weighted by Crippen LogP contribution is -2.34. The molecule has 1 heterocycles. The standard InChI is InChI=1S/C17H19FN2O3/c18-13-7-3-4-8-14(13)19-15(21)9-10-20-16(22)11-5-1-2-6-12(11)17(20)23/h3-4,7-8,11-12H,1-2,5-6,9-10H2,(H,19,21)/t11-,12-/m0/s1. The van der Waals surface area contributed by atoms with Gasteiger partial charge in [-0.25, -0.2) is 4.39 Å². The smallest absolute Gasteiger partial charge is 0.233 e. The SMILES string of the molecule is O=C(CCN1C(=O)[C@H]2CCCC[C@@H]2C1=O)Nc1ccccc1F. The van der Waals surface area contributed by atoms with Gasteiger partial charge >= 0.3 is 0 Å². The minimum absolute atomic E-state index is 0.0226. The number of amides is 3. The number of benzene rings is 1. The van der Waals surface area contributed by atoms with Crippen LogP contribution in [-0.2, 0) is 14.4 Å². The van der Waals surface area contributed by atoms with Crippen LogP contribution in [0, 0.1) is 17.7 Å². The third-order valence-corrected chi connectivity index (χ3v) is 4.64. The average molecular weight is 318 g/mol. The lowest BCUT2D eigenvalue weighted by molar-refractivity contribution is -0.140. The van der Waals surface area contributed by atoms with E-state index >= 15 is 0 Å². The lowest BCUT2D eigenvalue weighted by atomic mass is 9.81. The fourth-order valence-corrected chi connectivity index (χ4v) is 3.44. The minimum atomic E-state index is -0.514. The van der Waals surface area contributed by atoms with Crippen LogP contribution >= 0.6 is 0 Å². The highest BCUT2D eigenvalue weighted by atomic mass is 19.1. The van der Waals surface area contributed by atoms with Crippen molar-refractivity contribution in [1.29, 1.82) is 0 Å². The zero-order valence-corrected chi connectivity index (χ0v) is 12.8. The van der Waals surface area contributed by atoms with Crippen molar-refractivity contribution in [2.75, 3.05) is 11.9 Å². The quantitative estimate of drug-likeness (QED) is 0.867. The van der Waals surface area contributed by atoms with Gasteiger partial charge in [0.25, 0.3) is 0 Å². The predicted molar refractivity (Wildman–Crippen MR) is 81.8 cm³/mol. The molecule has 23 heavy (non-hydrogen) atoms. The van der Waals surface area contributed by atoms with Crippen molar-refractivity contribution < 1.29 is 18.8 Å². The summed E-state index contributed by atoms with van der Waals surface area (Å²) in [4.78, 5) is 37.7. The number of carbonyl (C=O) groups is 3. The summed E-state index contributed by atoms with van der Waals surface area (Å²) in [5.74, 6) is -1.64. The number of hydrogen-bond acceptors (Lipinski definition) is 3. The van der Waals surface area contributed by atoms with Gasteiger partial charge in [-0.2, -0.15) is 0 Å². The Balaban J connectivity index is 1.58. The molecule has 0 spiro atoms. The highest BCUT2D eigenvalue weighted by molar-refractivity contribution is 6.05. The van der Waals surface area contributed by atoms with Crippen molar-refractivity contribution in [1.82, 2.24) is 4.90 Å². The molecule has 0 aromatic heterocycles. The molecule has 1 aromatic carbocycles. The van der Waals surface area contributed by atoms with Crippen molar-refractivity contribution in [3.8, 4) is 0 Å². The maximum atomic E-state index is 13.5. The van der Waals surface area contributed by atoms with Crippen LogP contribution in [0.3, 0.4) is 0 Å². The Kier molecular flexibility index (Phi) is 4.41. The normalized spacial score (nSPS) is 23.8. The topological polar surface area (TPSA) is 66.5 Å². The molecule has 2 atom stereocenters. The van der Waals surface area contributed by atoms with Gasteiger partial charge < -0.3 is 5.32 Å². The van der Waals surface area contributed by atoms with Crippen LogP contribution in [-0.4, -0.2) is 29.2 Å². The van der Waals surface area contributed by atoms with E-state index < -0.39 is 11.7 Å². The van der Waals surface area contributed by atoms with Crippen LogP contribution in [0.25, 0.3) is 0 Å². The Morgan fingerprint density at radius 1 is 1.13 bits per heavy atom. The fourth-order valence-electron chi connectivity index (χ4n) is 3.44. The number of nitrogens with one attached hydrogen (secondary N) is 1. The van der Waals surface area contributed by atoms with Gasteiger partial charge in [-0.1, -0.05) is 25.0 Å². The Morgan fingerprint density at radius 3 is 2.35 bits per heavy atom. The molecule has 1 N–H and O–H groups in total. The Morgan fingerprint density at radius 2 is 1.74 bits per heavy atom. The number of halogens is 1. The minimum Gasteiger partial charge on any atom is -0.324 e. The number of anilines is 1. The molecule has 2 fully saturated rings. The molecule has 122 valence electrons. The molecular weight excluding hydrogens is 299 g/mol. The van der Waals surface area contributed by atoms with Gasteiger partial charge in [0.2, 0.25) is 17.7 Å². The Labute approximate surface area is 133 Å². The van der Waals surface area contributed by atoms with Crippen molar-refractivity contribution in [2.24, 2.45) is 11.8 Å². The molecule has 1 aliphatic heterocycles. The van der Waals surface area contributed by atoms with Gasteiger partial charge in [-0.15, -0.1) is 0 Å². The number of carbonyl (C=O) groups excluding carboxylic acids is 3. The second-order valence-electron chi connectivity index (χ2n) is 6.10. The van der Waals surface area contributed by atoms with E-state index in [0.29, 0.717) is 0 Å². The second-order valence-corrected chi connectivity index (χ2v) is 6.10. The van der Waals surface area contributed by atoms with Gasteiger partial charge in [-0.3, -0.25) is 19.3 Å². The summed E-state index contributed by atoms with van der Waals surface area (Å²) in [5.41, 5.74) is 0.102. The van der Waals surface area contributed by atoms with E-state index in [2.05, 4.69) is 5.32 Å². The molecule has 1 aliphatic carbocycles. The van der Waals surface area contributed by atoms with Crippen molar-refractivity contribution in [2.45, 2.75) is 32.1 Å².